The molecule has 9 nitrogen and oxygen atoms in total. The van der Waals surface area contributed by atoms with Gasteiger partial charge in [0.05, 0.1) is 12.7 Å². The number of ether oxygens (including phenoxy) is 2. The first-order valence-corrected chi connectivity index (χ1v) is 9.18. The first kappa shape index (κ1) is 20.0. The van der Waals surface area contributed by atoms with Gasteiger partial charge >= 0.3 is 0 Å². The maximum atomic E-state index is 12.1. The Morgan fingerprint density at radius 2 is 2.18 bits per heavy atom. The highest BCUT2D eigenvalue weighted by Gasteiger charge is 2.26. The Morgan fingerprint density at radius 3 is 2.96 bits per heavy atom. The Bertz CT molecular complexity index is 780. The van der Waals surface area contributed by atoms with Crippen molar-refractivity contribution < 1.29 is 23.6 Å². The molecule has 1 unspecified atom stereocenters. The summed E-state index contributed by atoms with van der Waals surface area (Å²) in [6.07, 6.45) is 0.358. The van der Waals surface area contributed by atoms with Crippen molar-refractivity contribution in [2.75, 3.05) is 40.0 Å². The molecule has 0 spiro atoms. The zero-order valence-electron chi connectivity index (χ0n) is 15.8. The minimum Gasteiger partial charge on any atom is -0.383 e. The van der Waals surface area contributed by atoms with Gasteiger partial charge in [0.25, 0.3) is 0 Å². The summed E-state index contributed by atoms with van der Waals surface area (Å²) in [6.45, 7) is 1.79. The molecule has 2 amide bonds. The van der Waals surface area contributed by atoms with Crippen LogP contribution in [0.3, 0.4) is 0 Å². The van der Waals surface area contributed by atoms with Gasteiger partial charge in [-0.05, 0) is 0 Å². The third-order valence-electron chi connectivity index (χ3n) is 4.38. The number of methoxy groups -OCH3 is 1. The summed E-state index contributed by atoms with van der Waals surface area (Å²) in [5.41, 5.74) is 0.865. The number of nitrogens with one attached hydrogen (secondary N) is 1. The molecule has 1 fully saturated rings. The van der Waals surface area contributed by atoms with Crippen LogP contribution in [0.4, 0.5) is 0 Å². The number of carbonyl (C=O) groups is 2. The highest BCUT2D eigenvalue weighted by Crippen LogP contribution is 2.15. The van der Waals surface area contributed by atoms with Crippen LogP contribution in [0.25, 0.3) is 11.4 Å². The molecule has 2 heterocycles. The van der Waals surface area contributed by atoms with Gasteiger partial charge < -0.3 is 24.2 Å². The van der Waals surface area contributed by atoms with Crippen molar-refractivity contribution in [3.63, 3.8) is 0 Å². The van der Waals surface area contributed by atoms with E-state index in [9.17, 15) is 9.59 Å². The van der Waals surface area contributed by atoms with Crippen molar-refractivity contribution in [2.45, 2.75) is 18.9 Å². The first-order valence-electron chi connectivity index (χ1n) is 9.18. The molecule has 1 aliphatic heterocycles. The maximum absolute atomic E-state index is 12.1. The molecular weight excluding hydrogens is 364 g/mol. The number of benzene rings is 1. The Hall–Kier alpha value is -2.78. The van der Waals surface area contributed by atoms with Crippen molar-refractivity contribution in [3.05, 3.63) is 36.2 Å². The van der Waals surface area contributed by atoms with E-state index >= 15 is 0 Å². The second-order valence-corrected chi connectivity index (χ2v) is 6.45. The fourth-order valence-electron chi connectivity index (χ4n) is 2.82. The minimum atomic E-state index is -0.230. The van der Waals surface area contributed by atoms with E-state index in [0.717, 1.165) is 5.56 Å². The lowest BCUT2D eigenvalue weighted by molar-refractivity contribution is -0.149. The van der Waals surface area contributed by atoms with Gasteiger partial charge in [0.15, 0.2) is 0 Å². The van der Waals surface area contributed by atoms with E-state index in [0.29, 0.717) is 44.4 Å². The topological polar surface area (TPSA) is 107 Å². The van der Waals surface area contributed by atoms with Crippen LogP contribution in [-0.4, -0.2) is 72.9 Å². The molecule has 1 aliphatic rings. The van der Waals surface area contributed by atoms with Crippen LogP contribution < -0.4 is 5.32 Å². The van der Waals surface area contributed by atoms with E-state index in [4.69, 9.17) is 14.0 Å². The molecule has 3 rings (SSSR count). The maximum Gasteiger partial charge on any atom is 0.248 e. The molecule has 0 aliphatic carbocycles. The van der Waals surface area contributed by atoms with Crippen molar-refractivity contribution >= 4 is 11.8 Å². The van der Waals surface area contributed by atoms with Gasteiger partial charge in [-0.1, -0.05) is 35.5 Å². The summed E-state index contributed by atoms with van der Waals surface area (Å²) in [4.78, 5) is 29.9. The van der Waals surface area contributed by atoms with Crippen molar-refractivity contribution in [2.24, 2.45) is 0 Å². The number of hydrogen-bond donors (Lipinski definition) is 1. The zero-order valence-corrected chi connectivity index (χ0v) is 15.8. The molecule has 1 aromatic carbocycles. The largest absolute Gasteiger partial charge is 0.383 e. The number of rotatable bonds is 9. The molecule has 0 bridgehead atoms. The van der Waals surface area contributed by atoms with Gasteiger partial charge in [-0.2, -0.15) is 4.98 Å². The Kier molecular flexibility index (Phi) is 7.10. The molecule has 28 heavy (non-hydrogen) atoms. The van der Waals surface area contributed by atoms with Gasteiger partial charge in [0.2, 0.25) is 23.5 Å². The SMILES string of the molecule is COCCN1CC(CNC(=O)CCc2nc(-c3ccccc3)no2)OCC1=O. The van der Waals surface area contributed by atoms with Gasteiger partial charge in [-0.3, -0.25) is 9.59 Å². The van der Waals surface area contributed by atoms with Crippen LogP contribution >= 0.6 is 0 Å². The van der Waals surface area contributed by atoms with E-state index in [1.165, 1.54) is 0 Å². The standard InChI is InChI=1S/C19H24N4O5/c1-26-10-9-23-12-15(27-13-18(23)25)11-20-16(24)7-8-17-21-19(22-28-17)14-5-3-2-4-6-14/h2-6,15H,7-13H2,1H3,(H,20,24). The monoisotopic (exact) mass is 388 g/mol. The number of morpholine rings is 1. The molecule has 1 atom stereocenters. The molecule has 1 N–H and O–H groups in total. The quantitative estimate of drug-likeness (QED) is 0.672. The number of hydrogen-bond acceptors (Lipinski definition) is 7. The van der Waals surface area contributed by atoms with Crippen LogP contribution in [0.2, 0.25) is 0 Å². The molecule has 150 valence electrons. The Morgan fingerprint density at radius 1 is 1.36 bits per heavy atom. The van der Waals surface area contributed by atoms with Crippen LogP contribution in [-0.2, 0) is 25.5 Å². The molecule has 1 aromatic heterocycles. The lowest BCUT2D eigenvalue weighted by Crippen LogP contribution is -2.51. The molecule has 9 heteroatoms. The molecular formula is C19H24N4O5. The average Bonchev–Trinajstić information content (AvgIpc) is 3.20. The first-order chi connectivity index (χ1) is 13.7. The second kappa shape index (κ2) is 9.95. The average molecular weight is 388 g/mol. The van der Waals surface area contributed by atoms with E-state index in [1.54, 1.807) is 12.0 Å². The van der Waals surface area contributed by atoms with E-state index in [2.05, 4.69) is 15.5 Å². The number of aryl methyl sites for hydroxylation is 1. The predicted molar refractivity (Wildman–Crippen MR) is 99.3 cm³/mol. The number of nitrogens with zero attached hydrogens (tertiary/aromatic N) is 3. The minimum absolute atomic E-state index is 0.0223. The van der Waals surface area contributed by atoms with Gasteiger partial charge in [-0.15, -0.1) is 0 Å². The summed E-state index contributed by atoms with van der Waals surface area (Å²) in [6, 6.07) is 9.50. The Labute approximate surface area is 163 Å². The number of amides is 2. The van der Waals surface area contributed by atoms with Crippen LogP contribution in [0.1, 0.15) is 12.3 Å². The molecule has 0 radical (unpaired) electrons. The van der Waals surface area contributed by atoms with Crippen LogP contribution in [0, 0.1) is 0 Å². The summed E-state index contributed by atoms with van der Waals surface area (Å²) in [7, 11) is 1.59. The Balaban J connectivity index is 1.40. The second-order valence-electron chi connectivity index (χ2n) is 6.45. The fourth-order valence-corrected chi connectivity index (χ4v) is 2.82. The summed E-state index contributed by atoms with van der Waals surface area (Å²) < 4.78 is 15.7. The van der Waals surface area contributed by atoms with Crippen molar-refractivity contribution in [1.29, 1.82) is 0 Å². The summed E-state index contributed by atoms with van der Waals surface area (Å²) >= 11 is 0. The fraction of sp³-hybridized carbons (Fsp3) is 0.474. The van der Waals surface area contributed by atoms with Gasteiger partial charge in [0, 0.05) is 45.1 Å². The summed E-state index contributed by atoms with van der Waals surface area (Å²) in [5.74, 6) is 0.723. The van der Waals surface area contributed by atoms with E-state index in [1.807, 2.05) is 30.3 Å². The van der Waals surface area contributed by atoms with E-state index in [-0.39, 0.29) is 30.9 Å². The zero-order chi connectivity index (χ0) is 19.8. The lowest BCUT2D eigenvalue weighted by atomic mass is 10.2. The van der Waals surface area contributed by atoms with Crippen molar-refractivity contribution in [3.8, 4) is 11.4 Å². The van der Waals surface area contributed by atoms with Gasteiger partial charge in [0.1, 0.15) is 6.61 Å². The molecule has 1 saturated heterocycles. The van der Waals surface area contributed by atoms with Crippen LogP contribution in [0.15, 0.2) is 34.9 Å². The van der Waals surface area contributed by atoms with Gasteiger partial charge in [-0.25, -0.2) is 0 Å². The number of aromatic nitrogens is 2. The lowest BCUT2D eigenvalue weighted by Gasteiger charge is -2.32. The highest BCUT2D eigenvalue weighted by molar-refractivity contribution is 5.78. The molecule has 0 saturated carbocycles. The third kappa shape index (κ3) is 5.61. The normalized spacial score (nSPS) is 17.0. The summed E-state index contributed by atoms with van der Waals surface area (Å²) in [5, 5.41) is 6.77. The predicted octanol–water partition coefficient (Wildman–Crippen LogP) is 0.659. The smallest absolute Gasteiger partial charge is 0.248 e. The highest BCUT2D eigenvalue weighted by atomic mass is 16.5. The van der Waals surface area contributed by atoms with Crippen molar-refractivity contribution in [1.82, 2.24) is 20.4 Å². The van der Waals surface area contributed by atoms with Crippen LogP contribution in [0.5, 0.6) is 0 Å². The number of carbonyl (C=O) groups excluding carboxylic acids is 2. The molecule has 2 aromatic rings. The third-order valence-corrected chi connectivity index (χ3v) is 4.38. The van der Waals surface area contributed by atoms with E-state index < -0.39 is 0 Å².